The molecule has 0 aromatic heterocycles. The van der Waals surface area contributed by atoms with Gasteiger partial charge in [0, 0.05) is 6.54 Å². The predicted octanol–water partition coefficient (Wildman–Crippen LogP) is 2.03. The first-order valence-electron chi connectivity index (χ1n) is 6.11. The van der Waals surface area contributed by atoms with E-state index in [0.29, 0.717) is 5.56 Å². The second-order valence-corrected chi connectivity index (χ2v) is 7.00. The number of benzene rings is 1. The first-order valence-corrected chi connectivity index (χ1v) is 7.59. The van der Waals surface area contributed by atoms with Gasteiger partial charge >= 0.3 is 0 Å². The fourth-order valence-corrected chi connectivity index (χ4v) is 2.71. The molecule has 0 bridgehead atoms. The Bertz CT molecular complexity index is 541. The summed E-state index contributed by atoms with van der Waals surface area (Å²) in [5.41, 5.74) is 0.162. The fraction of sp³-hybridized carbons (Fsp3) is 0.538. The molecular weight excluding hydrogens is 269 g/mol. The van der Waals surface area contributed by atoms with Crippen LogP contribution in [0, 0.1) is 11.2 Å². The van der Waals surface area contributed by atoms with Gasteiger partial charge < -0.3 is 5.11 Å². The number of halogens is 1. The van der Waals surface area contributed by atoms with Crippen molar-refractivity contribution >= 4 is 10.0 Å². The van der Waals surface area contributed by atoms with Crippen LogP contribution < -0.4 is 4.72 Å². The van der Waals surface area contributed by atoms with Crippen LogP contribution in [-0.2, 0) is 16.6 Å². The molecule has 0 aliphatic carbocycles. The first-order chi connectivity index (χ1) is 8.72. The van der Waals surface area contributed by atoms with E-state index >= 15 is 0 Å². The van der Waals surface area contributed by atoms with Crippen molar-refractivity contribution in [2.45, 2.75) is 38.7 Å². The molecule has 0 saturated heterocycles. The molecule has 1 aromatic carbocycles. The van der Waals surface area contributed by atoms with Gasteiger partial charge in [0.2, 0.25) is 10.0 Å². The fourth-order valence-electron chi connectivity index (χ4n) is 1.35. The quantitative estimate of drug-likeness (QED) is 0.842. The third-order valence-electron chi connectivity index (χ3n) is 3.17. The van der Waals surface area contributed by atoms with Crippen LogP contribution in [0.1, 0.15) is 32.8 Å². The normalized spacial score (nSPS) is 12.7. The van der Waals surface area contributed by atoms with E-state index in [4.69, 9.17) is 5.11 Å². The van der Waals surface area contributed by atoms with Crippen molar-refractivity contribution in [3.05, 3.63) is 29.6 Å². The van der Waals surface area contributed by atoms with Gasteiger partial charge in [-0.15, -0.1) is 0 Å². The molecule has 0 fully saturated rings. The number of rotatable bonds is 6. The molecule has 0 heterocycles. The molecule has 0 radical (unpaired) electrons. The summed E-state index contributed by atoms with van der Waals surface area (Å²) >= 11 is 0. The highest BCUT2D eigenvalue weighted by Crippen LogP contribution is 2.21. The maximum absolute atomic E-state index is 13.6. The van der Waals surface area contributed by atoms with Crippen molar-refractivity contribution in [3.8, 4) is 0 Å². The number of aliphatic hydroxyl groups excluding tert-OH is 1. The average Bonchev–Trinajstić information content (AvgIpc) is 2.37. The molecule has 6 heteroatoms. The molecule has 0 unspecified atom stereocenters. The van der Waals surface area contributed by atoms with Gasteiger partial charge in [0.1, 0.15) is 10.7 Å². The minimum Gasteiger partial charge on any atom is -0.392 e. The highest BCUT2D eigenvalue weighted by molar-refractivity contribution is 7.89. The van der Waals surface area contributed by atoms with E-state index in [-0.39, 0.29) is 18.6 Å². The van der Waals surface area contributed by atoms with Gasteiger partial charge in [-0.2, -0.15) is 0 Å². The molecule has 0 amide bonds. The van der Waals surface area contributed by atoms with Crippen LogP contribution in [0.3, 0.4) is 0 Å². The lowest BCUT2D eigenvalue weighted by atomic mass is 9.91. The summed E-state index contributed by atoms with van der Waals surface area (Å²) in [5.74, 6) is -0.820. The number of aliphatic hydroxyl groups is 1. The predicted molar refractivity (Wildman–Crippen MR) is 71.6 cm³/mol. The minimum absolute atomic E-state index is 0.196. The van der Waals surface area contributed by atoms with Gasteiger partial charge in [-0.25, -0.2) is 17.5 Å². The maximum atomic E-state index is 13.6. The molecule has 1 aromatic rings. The Morgan fingerprint density at radius 1 is 1.37 bits per heavy atom. The van der Waals surface area contributed by atoms with Crippen molar-refractivity contribution < 1.29 is 17.9 Å². The molecule has 108 valence electrons. The highest BCUT2D eigenvalue weighted by atomic mass is 32.2. The zero-order valence-electron chi connectivity index (χ0n) is 11.4. The van der Waals surface area contributed by atoms with Crippen molar-refractivity contribution in [3.63, 3.8) is 0 Å². The van der Waals surface area contributed by atoms with E-state index in [1.165, 1.54) is 6.07 Å². The Kier molecular flexibility index (Phi) is 5.06. The van der Waals surface area contributed by atoms with Crippen molar-refractivity contribution in [1.82, 2.24) is 4.72 Å². The van der Waals surface area contributed by atoms with Gasteiger partial charge in [-0.1, -0.05) is 26.8 Å². The van der Waals surface area contributed by atoms with Crippen LogP contribution in [0.2, 0.25) is 0 Å². The second kappa shape index (κ2) is 5.98. The summed E-state index contributed by atoms with van der Waals surface area (Å²) in [6.45, 7) is 5.71. The Morgan fingerprint density at radius 2 is 2.00 bits per heavy atom. The summed E-state index contributed by atoms with van der Waals surface area (Å²) < 4.78 is 40.1. The summed E-state index contributed by atoms with van der Waals surface area (Å²) in [5, 5.41) is 8.98. The van der Waals surface area contributed by atoms with Crippen LogP contribution in [0.25, 0.3) is 0 Å². The second-order valence-electron chi connectivity index (χ2n) is 5.27. The number of sulfonamides is 1. The maximum Gasteiger partial charge on any atom is 0.243 e. The monoisotopic (exact) mass is 289 g/mol. The lowest BCUT2D eigenvalue weighted by Crippen LogP contribution is -2.34. The summed E-state index contributed by atoms with van der Waals surface area (Å²) in [4.78, 5) is -0.425. The van der Waals surface area contributed by atoms with E-state index in [9.17, 15) is 12.8 Å². The molecular formula is C13H20FNO3S. The molecule has 1 rings (SSSR count). The molecule has 19 heavy (non-hydrogen) atoms. The van der Waals surface area contributed by atoms with Crippen LogP contribution in [0.5, 0.6) is 0 Å². The van der Waals surface area contributed by atoms with Gasteiger partial charge in [-0.05, 0) is 29.5 Å². The Morgan fingerprint density at radius 3 is 2.53 bits per heavy atom. The zero-order valence-corrected chi connectivity index (χ0v) is 12.2. The Balaban J connectivity index is 3.00. The first kappa shape index (κ1) is 16.1. The van der Waals surface area contributed by atoms with Gasteiger partial charge in [-0.3, -0.25) is 0 Å². The summed E-state index contributed by atoms with van der Waals surface area (Å²) in [6, 6.07) is 3.55. The smallest absolute Gasteiger partial charge is 0.243 e. The van der Waals surface area contributed by atoms with Crippen molar-refractivity contribution in [2.75, 3.05) is 6.54 Å². The number of hydrogen-bond acceptors (Lipinski definition) is 3. The molecule has 4 nitrogen and oxygen atoms in total. The van der Waals surface area contributed by atoms with Gasteiger partial charge in [0.05, 0.1) is 6.61 Å². The average molecular weight is 289 g/mol. The Labute approximate surface area is 113 Å². The number of nitrogens with one attached hydrogen (secondary N) is 1. The minimum atomic E-state index is -3.90. The van der Waals surface area contributed by atoms with Crippen molar-refractivity contribution in [2.24, 2.45) is 5.41 Å². The summed E-state index contributed by atoms with van der Waals surface area (Å²) in [6.07, 6.45) is 0.800. The molecule has 0 aliphatic heterocycles. The van der Waals surface area contributed by atoms with Crippen LogP contribution in [0.15, 0.2) is 23.1 Å². The highest BCUT2D eigenvalue weighted by Gasteiger charge is 2.23. The zero-order chi connectivity index (χ0) is 14.7. The lowest BCUT2D eigenvalue weighted by molar-refractivity contribution is 0.281. The standard InChI is InChI=1S/C13H20FNO3S/c1-4-13(2,3)9-15-19(17,18)12-7-10(8-16)5-6-11(12)14/h5-7,15-16H,4,8-9H2,1-3H3. The van der Waals surface area contributed by atoms with E-state index in [0.717, 1.165) is 18.6 Å². The number of hydrogen-bond donors (Lipinski definition) is 2. The molecule has 0 saturated carbocycles. The largest absolute Gasteiger partial charge is 0.392 e. The Hall–Kier alpha value is -0.980. The van der Waals surface area contributed by atoms with Crippen LogP contribution >= 0.6 is 0 Å². The third kappa shape index (κ3) is 4.26. The van der Waals surface area contributed by atoms with Crippen molar-refractivity contribution in [1.29, 1.82) is 0 Å². The lowest BCUT2D eigenvalue weighted by Gasteiger charge is -2.22. The van der Waals surface area contributed by atoms with Crippen LogP contribution in [0.4, 0.5) is 4.39 Å². The van der Waals surface area contributed by atoms with E-state index in [2.05, 4.69) is 4.72 Å². The molecule has 0 atom stereocenters. The molecule has 2 N–H and O–H groups in total. The van der Waals surface area contributed by atoms with E-state index in [1.54, 1.807) is 0 Å². The topological polar surface area (TPSA) is 66.4 Å². The van der Waals surface area contributed by atoms with Gasteiger partial charge in [0.15, 0.2) is 0 Å². The summed E-state index contributed by atoms with van der Waals surface area (Å²) in [7, 11) is -3.90. The molecule has 0 spiro atoms. The third-order valence-corrected chi connectivity index (χ3v) is 4.58. The van der Waals surface area contributed by atoms with E-state index < -0.39 is 20.7 Å². The SMILES string of the molecule is CCC(C)(C)CNS(=O)(=O)c1cc(CO)ccc1F. The molecule has 0 aliphatic rings. The van der Waals surface area contributed by atoms with E-state index in [1.807, 2.05) is 20.8 Å². The van der Waals surface area contributed by atoms with Gasteiger partial charge in [0.25, 0.3) is 0 Å². The van der Waals surface area contributed by atoms with Crippen LogP contribution in [-0.4, -0.2) is 20.1 Å².